The van der Waals surface area contributed by atoms with Crippen molar-refractivity contribution in [3.63, 3.8) is 0 Å². The van der Waals surface area contributed by atoms with Crippen LogP contribution in [0.2, 0.25) is 0 Å². The summed E-state index contributed by atoms with van der Waals surface area (Å²) in [6.45, 7) is 9.08. The van der Waals surface area contributed by atoms with Gasteiger partial charge in [0.25, 0.3) is 0 Å². The summed E-state index contributed by atoms with van der Waals surface area (Å²) >= 11 is 0. The molecule has 0 radical (unpaired) electrons. The number of hydrazine groups is 2. The van der Waals surface area contributed by atoms with Crippen molar-refractivity contribution in [1.82, 2.24) is 15.4 Å². The smallest absolute Gasteiger partial charge is 0.410 e. The SMILES string of the molecule is CCOC(=O)CCCCC1=CN(C)NN1c1cccc2c1CCN(C(=O)OC(C)(C)C)C2. The number of nitrogens with zero attached hydrogens (tertiary/aromatic N) is 3. The van der Waals surface area contributed by atoms with E-state index in [0.717, 1.165) is 42.6 Å². The molecule has 2 heterocycles. The van der Waals surface area contributed by atoms with E-state index in [1.807, 2.05) is 45.8 Å². The number of carbonyl (C=O) groups is 2. The molecule has 0 saturated heterocycles. The van der Waals surface area contributed by atoms with Gasteiger partial charge in [0, 0.05) is 32.8 Å². The predicted molar refractivity (Wildman–Crippen MR) is 123 cm³/mol. The Labute approximate surface area is 191 Å². The molecule has 8 heteroatoms. The number of rotatable bonds is 7. The van der Waals surface area contributed by atoms with E-state index in [9.17, 15) is 9.59 Å². The fraction of sp³-hybridized carbons (Fsp3) is 0.583. The lowest BCUT2D eigenvalue weighted by molar-refractivity contribution is -0.143. The molecule has 0 bridgehead atoms. The molecule has 32 heavy (non-hydrogen) atoms. The topological polar surface area (TPSA) is 74.4 Å². The van der Waals surface area contributed by atoms with Crippen LogP contribution in [-0.2, 0) is 27.2 Å². The van der Waals surface area contributed by atoms with Crippen LogP contribution < -0.4 is 10.5 Å². The first kappa shape index (κ1) is 23.9. The zero-order valence-electron chi connectivity index (χ0n) is 19.9. The number of ether oxygens (including phenoxy) is 2. The third-order valence-corrected chi connectivity index (χ3v) is 5.39. The Morgan fingerprint density at radius 1 is 1.19 bits per heavy atom. The van der Waals surface area contributed by atoms with E-state index >= 15 is 0 Å². The second kappa shape index (κ2) is 10.3. The van der Waals surface area contributed by atoms with Crippen molar-refractivity contribution in [1.29, 1.82) is 0 Å². The average Bonchev–Trinajstić information content (AvgIpc) is 3.09. The van der Waals surface area contributed by atoms with Crippen LogP contribution in [0.3, 0.4) is 0 Å². The van der Waals surface area contributed by atoms with E-state index in [-0.39, 0.29) is 12.1 Å². The minimum Gasteiger partial charge on any atom is -0.466 e. The number of nitrogens with one attached hydrogen (secondary N) is 1. The fourth-order valence-electron chi connectivity index (χ4n) is 4.01. The molecule has 1 amide bonds. The summed E-state index contributed by atoms with van der Waals surface area (Å²) in [7, 11) is 1.97. The maximum atomic E-state index is 12.5. The average molecular weight is 445 g/mol. The van der Waals surface area contributed by atoms with Gasteiger partial charge < -0.3 is 14.4 Å². The van der Waals surface area contributed by atoms with Crippen molar-refractivity contribution in [2.45, 2.75) is 71.9 Å². The zero-order chi connectivity index (χ0) is 23.3. The monoisotopic (exact) mass is 444 g/mol. The molecular weight excluding hydrogens is 408 g/mol. The number of anilines is 1. The number of allylic oxidation sites excluding steroid dienone is 1. The van der Waals surface area contributed by atoms with Crippen molar-refractivity contribution in [3.8, 4) is 0 Å². The minimum atomic E-state index is -0.504. The Hall–Kier alpha value is -2.74. The molecule has 1 N–H and O–H groups in total. The molecule has 2 aliphatic rings. The number of esters is 1. The minimum absolute atomic E-state index is 0.133. The van der Waals surface area contributed by atoms with Crippen LogP contribution >= 0.6 is 0 Å². The molecule has 0 spiro atoms. The van der Waals surface area contributed by atoms with Gasteiger partial charge in [0.2, 0.25) is 0 Å². The molecule has 176 valence electrons. The number of benzene rings is 1. The molecule has 8 nitrogen and oxygen atoms in total. The van der Waals surface area contributed by atoms with Crippen molar-refractivity contribution in [2.75, 3.05) is 25.2 Å². The van der Waals surface area contributed by atoms with Gasteiger partial charge in [-0.05, 0) is 70.6 Å². The molecule has 1 aromatic rings. The van der Waals surface area contributed by atoms with Crippen LogP contribution in [0.15, 0.2) is 30.1 Å². The lowest BCUT2D eigenvalue weighted by Crippen LogP contribution is -2.42. The zero-order valence-corrected chi connectivity index (χ0v) is 19.9. The van der Waals surface area contributed by atoms with E-state index < -0.39 is 5.60 Å². The number of fused-ring (bicyclic) bond motifs is 1. The van der Waals surface area contributed by atoms with Crippen molar-refractivity contribution in [3.05, 3.63) is 41.2 Å². The summed E-state index contributed by atoms with van der Waals surface area (Å²) in [6.07, 6.45) is 5.58. The number of amides is 1. The Kier molecular flexibility index (Phi) is 7.66. The largest absolute Gasteiger partial charge is 0.466 e. The Morgan fingerprint density at radius 2 is 1.97 bits per heavy atom. The highest BCUT2D eigenvalue weighted by Gasteiger charge is 2.29. The van der Waals surface area contributed by atoms with Crippen LogP contribution in [0.1, 0.15) is 64.5 Å². The Balaban J connectivity index is 1.67. The number of carbonyl (C=O) groups excluding carboxylic acids is 2. The maximum absolute atomic E-state index is 12.5. The van der Waals surface area contributed by atoms with Gasteiger partial charge in [-0.1, -0.05) is 12.1 Å². The van der Waals surface area contributed by atoms with E-state index in [1.54, 1.807) is 4.90 Å². The van der Waals surface area contributed by atoms with E-state index in [0.29, 0.717) is 26.1 Å². The lowest BCUT2D eigenvalue weighted by Gasteiger charge is -2.34. The summed E-state index contributed by atoms with van der Waals surface area (Å²) < 4.78 is 10.6. The quantitative estimate of drug-likeness (QED) is 0.501. The Morgan fingerprint density at radius 3 is 2.69 bits per heavy atom. The lowest BCUT2D eigenvalue weighted by atomic mass is 9.97. The molecule has 0 aromatic heterocycles. The van der Waals surface area contributed by atoms with E-state index in [1.165, 1.54) is 5.56 Å². The standard InChI is InChI=1S/C24H36N4O4/c1-6-31-22(29)13-8-7-11-19-17-26(5)25-28(19)21-12-9-10-18-16-27(15-14-20(18)21)23(30)32-24(2,3)4/h9-10,12,17,25H,6-8,11,13-16H2,1-5H3. The van der Waals surface area contributed by atoms with Gasteiger partial charge in [-0.3, -0.25) is 14.8 Å². The first-order chi connectivity index (χ1) is 15.2. The first-order valence-electron chi connectivity index (χ1n) is 11.4. The number of hydrogen-bond acceptors (Lipinski definition) is 7. The molecule has 0 aliphatic carbocycles. The van der Waals surface area contributed by atoms with Gasteiger partial charge >= 0.3 is 12.1 Å². The molecule has 2 aliphatic heterocycles. The van der Waals surface area contributed by atoms with Gasteiger partial charge in [0.05, 0.1) is 18.0 Å². The van der Waals surface area contributed by atoms with Gasteiger partial charge in [-0.2, -0.15) is 0 Å². The van der Waals surface area contributed by atoms with Crippen molar-refractivity contribution >= 4 is 17.7 Å². The highest BCUT2D eigenvalue weighted by Crippen LogP contribution is 2.33. The molecule has 0 atom stereocenters. The van der Waals surface area contributed by atoms with Crippen LogP contribution in [0.5, 0.6) is 0 Å². The molecule has 0 fully saturated rings. The highest BCUT2D eigenvalue weighted by atomic mass is 16.6. The second-order valence-corrected chi connectivity index (χ2v) is 9.25. The van der Waals surface area contributed by atoms with Crippen LogP contribution in [0, 0.1) is 0 Å². The summed E-state index contributed by atoms with van der Waals surface area (Å²) in [4.78, 5) is 25.9. The van der Waals surface area contributed by atoms with Gasteiger partial charge in [-0.25, -0.2) is 4.79 Å². The highest BCUT2D eigenvalue weighted by molar-refractivity contribution is 5.70. The molecule has 3 rings (SSSR count). The van der Waals surface area contributed by atoms with Crippen molar-refractivity contribution < 1.29 is 19.1 Å². The summed E-state index contributed by atoms with van der Waals surface area (Å²) in [5, 5.41) is 4.06. The third-order valence-electron chi connectivity index (χ3n) is 5.39. The first-order valence-corrected chi connectivity index (χ1v) is 11.4. The van der Waals surface area contributed by atoms with Crippen molar-refractivity contribution in [2.24, 2.45) is 0 Å². The molecule has 1 aromatic carbocycles. The van der Waals surface area contributed by atoms with Gasteiger partial charge in [0.15, 0.2) is 0 Å². The summed E-state index contributed by atoms with van der Waals surface area (Å²) in [6, 6.07) is 6.23. The molecule has 0 unspecified atom stereocenters. The van der Waals surface area contributed by atoms with Crippen LogP contribution in [0.4, 0.5) is 10.5 Å². The normalized spacial score (nSPS) is 16.0. The third kappa shape index (κ3) is 6.16. The fourth-order valence-corrected chi connectivity index (χ4v) is 4.01. The number of hydrogen-bond donors (Lipinski definition) is 1. The summed E-state index contributed by atoms with van der Waals surface area (Å²) in [5.74, 6) is -0.133. The van der Waals surface area contributed by atoms with E-state index in [2.05, 4.69) is 28.9 Å². The van der Waals surface area contributed by atoms with Crippen LogP contribution in [-0.4, -0.2) is 47.8 Å². The second-order valence-electron chi connectivity index (χ2n) is 9.25. The maximum Gasteiger partial charge on any atom is 0.410 e. The predicted octanol–water partition coefficient (Wildman–Crippen LogP) is 4.12. The van der Waals surface area contributed by atoms with Crippen LogP contribution in [0.25, 0.3) is 0 Å². The Bertz CT molecular complexity index is 862. The van der Waals surface area contributed by atoms with E-state index in [4.69, 9.17) is 9.47 Å². The number of unbranched alkanes of at least 4 members (excludes halogenated alkanes) is 1. The molecular formula is C24H36N4O4. The summed E-state index contributed by atoms with van der Waals surface area (Å²) in [5.41, 5.74) is 7.51. The van der Waals surface area contributed by atoms with Gasteiger partial charge in [-0.15, -0.1) is 5.53 Å². The molecule has 0 saturated carbocycles. The van der Waals surface area contributed by atoms with Gasteiger partial charge in [0.1, 0.15) is 5.60 Å².